The smallest absolute Gasteiger partial charge is 0.0593 e. The van der Waals surface area contributed by atoms with Crippen LogP contribution < -0.4 is 11.3 Å². The van der Waals surface area contributed by atoms with Crippen LogP contribution in [-0.2, 0) is 18.6 Å². The van der Waals surface area contributed by atoms with E-state index >= 15 is 0 Å². The Morgan fingerprint density at radius 2 is 2.25 bits per heavy atom. The van der Waals surface area contributed by atoms with Crippen LogP contribution in [0.5, 0.6) is 0 Å². The van der Waals surface area contributed by atoms with E-state index in [1.807, 2.05) is 41.3 Å². The minimum atomic E-state index is 0.161. The summed E-state index contributed by atoms with van der Waals surface area (Å²) in [7, 11) is 0. The van der Waals surface area contributed by atoms with Gasteiger partial charge < -0.3 is 0 Å². The Labute approximate surface area is 132 Å². The summed E-state index contributed by atoms with van der Waals surface area (Å²) >= 11 is 9.96. The first-order valence-corrected chi connectivity index (χ1v) is 9.01. The van der Waals surface area contributed by atoms with Crippen LogP contribution >= 0.6 is 34.7 Å². The highest BCUT2D eigenvalue weighted by Gasteiger charge is 2.19. The van der Waals surface area contributed by atoms with Crippen molar-refractivity contribution in [3.63, 3.8) is 0 Å². The number of halogens is 1. The molecule has 1 aliphatic rings. The lowest BCUT2D eigenvalue weighted by Crippen LogP contribution is -2.28. The van der Waals surface area contributed by atoms with Gasteiger partial charge in [0.15, 0.2) is 0 Å². The van der Waals surface area contributed by atoms with Gasteiger partial charge in [-0.1, -0.05) is 23.7 Å². The van der Waals surface area contributed by atoms with Gasteiger partial charge in [-0.3, -0.25) is 11.3 Å². The Hall–Kier alpha value is -0.520. The van der Waals surface area contributed by atoms with Crippen LogP contribution in [0.25, 0.3) is 0 Å². The molecule has 0 bridgehead atoms. The maximum atomic E-state index is 6.05. The second-order valence-electron chi connectivity index (χ2n) is 4.95. The van der Waals surface area contributed by atoms with Gasteiger partial charge in [0.2, 0.25) is 0 Å². The molecule has 2 aromatic rings. The third kappa shape index (κ3) is 3.21. The number of nitrogens with one attached hydrogen (secondary N) is 1. The first-order chi connectivity index (χ1) is 9.76. The summed E-state index contributed by atoms with van der Waals surface area (Å²) in [6, 6.07) is 10.5. The molecule has 20 heavy (non-hydrogen) atoms. The minimum Gasteiger partial charge on any atom is -0.271 e. The van der Waals surface area contributed by atoms with E-state index in [0.717, 1.165) is 17.2 Å². The highest BCUT2D eigenvalue weighted by Crippen LogP contribution is 2.35. The molecule has 0 amide bonds. The lowest BCUT2D eigenvalue weighted by atomic mass is 10.0. The Bertz CT molecular complexity index is 574. The molecule has 1 aromatic carbocycles. The molecule has 106 valence electrons. The van der Waals surface area contributed by atoms with Crippen LogP contribution in [0.2, 0.25) is 5.02 Å². The summed E-state index contributed by atoms with van der Waals surface area (Å²) in [5.41, 5.74) is 5.66. The summed E-state index contributed by atoms with van der Waals surface area (Å²) in [6.45, 7) is 0. The lowest BCUT2D eigenvalue weighted by molar-refractivity contribution is 0.560. The third-order valence-corrected chi connectivity index (χ3v) is 6.11. The van der Waals surface area contributed by atoms with Gasteiger partial charge in [-0.25, -0.2) is 0 Å². The monoisotopic (exact) mass is 324 g/mol. The molecule has 1 aliphatic heterocycles. The van der Waals surface area contributed by atoms with E-state index in [1.165, 1.54) is 33.1 Å². The maximum Gasteiger partial charge on any atom is 0.0593 e. The predicted molar refractivity (Wildman–Crippen MR) is 89.4 cm³/mol. The van der Waals surface area contributed by atoms with Crippen molar-refractivity contribution in [1.29, 1.82) is 0 Å². The molecule has 0 aliphatic carbocycles. The molecule has 2 nitrogen and oxygen atoms in total. The molecule has 2 heterocycles. The molecule has 0 saturated heterocycles. The standard InChI is InChI=1S/C15H17ClN2S2/c16-12-3-1-2-10(6-12)7-13(18-17)15-8-11-9-19-5-4-14(11)20-15/h1-3,6,8,13,18H,4-5,7,9,17H2. The number of aryl methyl sites for hydroxylation is 1. The molecule has 0 spiro atoms. The molecule has 0 saturated carbocycles. The molecule has 1 atom stereocenters. The molecule has 0 radical (unpaired) electrons. The number of hydrogen-bond donors (Lipinski definition) is 2. The molecular formula is C15H17ClN2S2. The van der Waals surface area contributed by atoms with Gasteiger partial charge in [0.05, 0.1) is 6.04 Å². The number of fused-ring (bicyclic) bond motifs is 1. The van der Waals surface area contributed by atoms with Gasteiger partial charge >= 0.3 is 0 Å². The molecule has 3 rings (SSSR count). The third-order valence-electron chi connectivity index (χ3n) is 3.52. The fourth-order valence-corrected chi connectivity index (χ4v) is 5.13. The summed E-state index contributed by atoms with van der Waals surface area (Å²) in [5, 5.41) is 0.778. The number of hydrogen-bond acceptors (Lipinski definition) is 4. The molecule has 1 unspecified atom stereocenters. The summed E-state index contributed by atoms with van der Waals surface area (Å²) in [5.74, 6) is 8.14. The molecule has 5 heteroatoms. The van der Waals surface area contributed by atoms with Crippen LogP contribution in [0.15, 0.2) is 30.3 Å². The Balaban J connectivity index is 1.81. The second-order valence-corrected chi connectivity index (χ2v) is 7.66. The van der Waals surface area contributed by atoms with E-state index in [2.05, 4.69) is 17.6 Å². The molecule has 3 N–H and O–H groups in total. The number of benzene rings is 1. The first-order valence-electron chi connectivity index (χ1n) is 6.66. The van der Waals surface area contributed by atoms with Crippen molar-refractivity contribution < 1.29 is 0 Å². The topological polar surface area (TPSA) is 38.0 Å². The lowest BCUT2D eigenvalue weighted by Gasteiger charge is -2.14. The average molecular weight is 325 g/mol. The SMILES string of the molecule is NNC(Cc1cccc(Cl)c1)c1cc2c(s1)CCSC2. The van der Waals surface area contributed by atoms with E-state index in [9.17, 15) is 0 Å². The number of nitrogens with two attached hydrogens (primary N) is 1. The Kier molecular flexibility index (Phi) is 4.68. The average Bonchev–Trinajstić information content (AvgIpc) is 2.88. The highest BCUT2D eigenvalue weighted by molar-refractivity contribution is 7.98. The van der Waals surface area contributed by atoms with Crippen molar-refractivity contribution in [1.82, 2.24) is 5.43 Å². The zero-order valence-corrected chi connectivity index (χ0v) is 13.5. The van der Waals surface area contributed by atoms with Crippen LogP contribution in [0, 0.1) is 0 Å². The van der Waals surface area contributed by atoms with Crippen molar-refractivity contribution in [2.45, 2.75) is 24.6 Å². The zero-order valence-electron chi connectivity index (χ0n) is 11.1. The highest BCUT2D eigenvalue weighted by atomic mass is 35.5. The number of thioether (sulfide) groups is 1. The molecule has 1 aromatic heterocycles. The van der Waals surface area contributed by atoms with Gasteiger partial charge in [-0.15, -0.1) is 11.3 Å². The fraction of sp³-hybridized carbons (Fsp3) is 0.333. The van der Waals surface area contributed by atoms with Crippen LogP contribution in [0.3, 0.4) is 0 Å². The van der Waals surface area contributed by atoms with E-state index in [0.29, 0.717) is 0 Å². The van der Waals surface area contributed by atoms with Crippen molar-refractivity contribution in [2.75, 3.05) is 5.75 Å². The van der Waals surface area contributed by atoms with Gasteiger partial charge in [0.1, 0.15) is 0 Å². The zero-order chi connectivity index (χ0) is 13.9. The minimum absolute atomic E-state index is 0.161. The van der Waals surface area contributed by atoms with Crippen molar-refractivity contribution in [3.05, 3.63) is 56.2 Å². The van der Waals surface area contributed by atoms with Crippen molar-refractivity contribution >= 4 is 34.7 Å². The van der Waals surface area contributed by atoms with E-state index in [-0.39, 0.29) is 6.04 Å². The van der Waals surface area contributed by atoms with E-state index in [4.69, 9.17) is 17.4 Å². The molecular weight excluding hydrogens is 308 g/mol. The number of hydrazine groups is 1. The number of rotatable bonds is 4. The quantitative estimate of drug-likeness (QED) is 0.661. The van der Waals surface area contributed by atoms with E-state index in [1.54, 1.807) is 0 Å². The van der Waals surface area contributed by atoms with Gasteiger partial charge in [0, 0.05) is 20.5 Å². The van der Waals surface area contributed by atoms with Crippen LogP contribution in [0.4, 0.5) is 0 Å². The molecule has 0 fully saturated rings. The Morgan fingerprint density at radius 1 is 1.35 bits per heavy atom. The van der Waals surface area contributed by atoms with Crippen LogP contribution in [-0.4, -0.2) is 5.75 Å². The normalized spacial score (nSPS) is 15.9. The summed E-state index contributed by atoms with van der Waals surface area (Å²) < 4.78 is 0. The van der Waals surface area contributed by atoms with Crippen molar-refractivity contribution in [2.24, 2.45) is 5.84 Å². The van der Waals surface area contributed by atoms with Gasteiger partial charge in [-0.05, 0) is 47.9 Å². The largest absolute Gasteiger partial charge is 0.271 e. The fourth-order valence-electron chi connectivity index (χ4n) is 2.48. The summed E-state index contributed by atoms with van der Waals surface area (Å²) in [6.07, 6.45) is 2.06. The number of thiophene rings is 1. The Morgan fingerprint density at radius 3 is 3.00 bits per heavy atom. The van der Waals surface area contributed by atoms with Gasteiger partial charge in [-0.2, -0.15) is 11.8 Å². The maximum absolute atomic E-state index is 6.05. The van der Waals surface area contributed by atoms with E-state index < -0.39 is 0 Å². The predicted octanol–water partition coefficient (Wildman–Crippen LogP) is 3.94. The second kappa shape index (κ2) is 6.50. The summed E-state index contributed by atoms with van der Waals surface area (Å²) in [4.78, 5) is 2.87. The first kappa shape index (κ1) is 14.4. The van der Waals surface area contributed by atoms with Crippen molar-refractivity contribution in [3.8, 4) is 0 Å². The van der Waals surface area contributed by atoms with Crippen LogP contribution in [0.1, 0.15) is 26.9 Å². The van der Waals surface area contributed by atoms with Gasteiger partial charge in [0.25, 0.3) is 0 Å².